The molecule has 410 valence electrons. The van der Waals surface area contributed by atoms with Gasteiger partial charge in [-0.2, -0.15) is 0 Å². The van der Waals surface area contributed by atoms with Crippen LogP contribution in [0.1, 0.15) is 74.1 Å². The average Bonchev–Trinajstić information content (AvgIpc) is 4.02. The van der Waals surface area contributed by atoms with Crippen LogP contribution in [-0.2, 0) is 53.1 Å². The van der Waals surface area contributed by atoms with Gasteiger partial charge in [0.1, 0.15) is 29.9 Å². The lowest BCUT2D eigenvalue weighted by Gasteiger charge is -2.47. The summed E-state index contributed by atoms with van der Waals surface area (Å²) >= 11 is 1.13. The second kappa shape index (κ2) is 24.4. The zero-order valence-electron chi connectivity index (χ0n) is 43.6. The van der Waals surface area contributed by atoms with E-state index in [4.69, 9.17) is 23.7 Å². The molecular formula is C57H57N7O14S. The number of urea groups is 2. The predicted octanol–water partition coefficient (Wildman–Crippen LogP) is 7.41. The summed E-state index contributed by atoms with van der Waals surface area (Å²) in [5.74, 6) is -3.53. The van der Waals surface area contributed by atoms with Crippen molar-refractivity contribution in [2.24, 2.45) is 0 Å². The van der Waals surface area contributed by atoms with Gasteiger partial charge in [-0.1, -0.05) is 127 Å². The Labute approximate surface area is 458 Å². The maximum Gasteiger partial charge on any atom is 0.412 e. The summed E-state index contributed by atoms with van der Waals surface area (Å²) < 4.78 is 28.2. The zero-order chi connectivity index (χ0) is 56.4. The second-order valence-electron chi connectivity index (χ2n) is 19.3. The van der Waals surface area contributed by atoms with E-state index in [0.717, 1.165) is 16.7 Å². The Morgan fingerprint density at radius 1 is 0.747 bits per heavy atom. The van der Waals surface area contributed by atoms with Crippen LogP contribution in [0.4, 0.5) is 30.6 Å². The number of benzene rings is 5. The highest BCUT2D eigenvalue weighted by Crippen LogP contribution is 2.45. The van der Waals surface area contributed by atoms with Crippen LogP contribution in [0, 0.1) is 0 Å². The molecule has 0 bridgehead atoms. The van der Waals surface area contributed by atoms with Crippen molar-refractivity contribution in [3.8, 4) is 0 Å². The lowest BCUT2D eigenvalue weighted by molar-refractivity contribution is -0.152. The Balaban J connectivity index is 0.943. The van der Waals surface area contributed by atoms with E-state index >= 15 is 0 Å². The van der Waals surface area contributed by atoms with Gasteiger partial charge in [-0.05, 0) is 55.2 Å². The molecule has 0 radical (unpaired) electrons. The van der Waals surface area contributed by atoms with E-state index in [2.05, 4.69) is 26.6 Å². The summed E-state index contributed by atoms with van der Waals surface area (Å²) in [6.45, 7) is 4.26. The minimum Gasteiger partial charge on any atom is -0.468 e. The number of methoxy groups -OCH3 is 1. The Hall–Kier alpha value is -9.18. The summed E-state index contributed by atoms with van der Waals surface area (Å²) in [7, 11) is 1.19. The number of anilines is 2. The quantitative estimate of drug-likeness (QED) is 0.0345. The second-order valence-corrected chi connectivity index (χ2v) is 20.5. The molecule has 2 saturated heterocycles. The number of para-hydroxylation sites is 2. The maximum atomic E-state index is 14.3. The van der Waals surface area contributed by atoms with Crippen molar-refractivity contribution in [3.63, 3.8) is 0 Å². The number of fused-ring (bicyclic) bond motifs is 1. The van der Waals surface area contributed by atoms with Crippen LogP contribution < -0.4 is 26.6 Å². The van der Waals surface area contributed by atoms with Crippen LogP contribution in [0.5, 0.6) is 0 Å². The molecule has 4 atom stereocenters. The van der Waals surface area contributed by atoms with Crippen molar-refractivity contribution in [1.82, 2.24) is 25.8 Å². The van der Waals surface area contributed by atoms with Gasteiger partial charge in [0, 0.05) is 29.4 Å². The fraction of sp³-hybridized carbons (Fsp3) is 0.281. The van der Waals surface area contributed by atoms with Gasteiger partial charge in [0.05, 0.1) is 38.0 Å². The number of rotatable bonds is 17. The first-order chi connectivity index (χ1) is 37.9. The Morgan fingerprint density at radius 2 is 1.34 bits per heavy atom. The number of nitrogens with one attached hydrogen (secondary N) is 5. The van der Waals surface area contributed by atoms with Gasteiger partial charge >= 0.3 is 42.2 Å². The monoisotopic (exact) mass is 1100 g/mol. The van der Waals surface area contributed by atoms with Crippen LogP contribution in [-0.4, -0.2) is 114 Å². The van der Waals surface area contributed by atoms with Crippen molar-refractivity contribution < 1.29 is 66.8 Å². The van der Waals surface area contributed by atoms with E-state index in [1.807, 2.05) is 12.1 Å². The molecule has 3 aliphatic heterocycles. The predicted molar refractivity (Wildman–Crippen MR) is 288 cm³/mol. The van der Waals surface area contributed by atoms with Gasteiger partial charge < -0.3 is 39.6 Å². The minimum absolute atomic E-state index is 0.0350. The number of imide groups is 1. The Morgan fingerprint density at radius 3 is 1.96 bits per heavy atom. The van der Waals surface area contributed by atoms with Crippen LogP contribution in [0.3, 0.4) is 0 Å². The Kier molecular flexibility index (Phi) is 17.3. The first-order valence-corrected chi connectivity index (χ1v) is 25.9. The van der Waals surface area contributed by atoms with Crippen LogP contribution in [0.25, 0.3) is 0 Å². The molecule has 0 spiro atoms. The number of β-lactam (4-membered cyclic amide) rings is 1. The van der Waals surface area contributed by atoms with Crippen molar-refractivity contribution in [1.29, 1.82) is 0 Å². The highest BCUT2D eigenvalue weighted by atomic mass is 32.2. The smallest absolute Gasteiger partial charge is 0.412 e. The fourth-order valence-corrected chi connectivity index (χ4v) is 10.6. The van der Waals surface area contributed by atoms with Crippen molar-refractivity contribution in [2.75, 3.05) is 44.0 Å². The third-order valence-electron chi connectivity index (χ3n) is 12.8. The number of carbonyl (C=O) groups excluding carboxylic acids is 9. The standard InChI is InChI=1S/C57H57N7O14S/c1-34(65)75-32-39-47(50(68)77-48(35-19-9-6-10-20-35)36-21-11-7-12-22-36)64-45(67)29-46(64)79-49(39)62-44(66)30-58-52(70)63-31-43(59-53(63)71)38-25-15-17-27-41(38)60-54(72)76-33-57(51(69)74-5,37-23-13-8-14-24-37)40-26-16-18-28-42(40)61-55(73)78-56(2,3)4/h6-28,43,46,48-49H,29-33H2,1-5H3,(H,58,70)(H,59,71)(H,60,72)(H,61,73)(H,62,66)/t43?,46-,49-,57?/m0/s1. The highest BCUT2D eigenvalue weighted by Gasteiger charge is 2.51. The lowest BCUT2D eigenvalue weighted by Crippen LogP contribution is -2.58. The summed E-state index contributed by atoms with van der Waals surface area (Å²) in [4.78, 5) is 123. The number of ether oxygens (including phenoxy) is 5. The molecule has 2 unspecified atom stereocenters. The molecular weight excluding hydrogens is 1040 g/mol. The fourth-order valence-electron chi connectivity index (χ4n) is 9.15. The summed E-state index contributed by atoms with van der Waals surface area (Å²) in [6.07, 6.45) is -2.66. The third-order valence-corrected chi connectivity index (χ3v) is 14.1. The van der Waals surface area contributed by atoms with E-state index in [0.29, 0.717) is 22.3 Å². The normalized spacial score (nSPS) is 17.4. The number of carbonyl (C=O) groups is 9. The summed E-state index contributed by atoms with van der Waals surface area (Å²) in [5, 5.41) is 11.7. The SMILES string of the molecule is COC(=O)C(COC(=O)Nc1ccccc1C1CN(C(=O)NCC(=O)N[C@H]2S[C@H]3CC(=O)N3C(C(=O)OC(c3ccccc3)c3ccccc3)=C2COC(C)=O)C(=O)N1)(c1ccccc1)c1ccccc1NC(=O)OC(C)(C)C. The van der Waals surface area contributed by atoms with E-state index in [9.17, 15) is 43.2 Å². The van der Waals surface area contributed by atoms with Gasteiger partial charge in [0.25, 0.3) is 0 Å². The molecule has 3 aliphatic rings. The molecule has 8 amide bonds. The lowest BCUT2D eigenvalue weighted by atomic mass is 9.74. The van der Waals surface area contributed by atoms with Gasteiger partial charge in [-0.3, -0.25) is 34.7 Å². The number of amides is 8. The molecule has 0 saturated carbocycles. The molecule has 21 nitrogen and oxygen atoms in total. The number of hydrogen-bond donors (Lipinski definition) is 5. The average molecular weight is 1100 g/mol. The molecule has 5 N–H and O–H groups in total. The highest BCUT2D eigenvalue weighted by molar-refractivity contribution is 8.00. The molecule has 0 aliphatic carbocycles. The summed E-state index contributed by atoms with van der Waals surface area (Å²) in [6, 6.07) is 36.7. The van der Waals surface area contributed by atoms with E-state index in [-0.39, 0.29) is 47.1 Å². The van der Waals surface area contributed by atoms with Gasteiger partial charge in [0.2, 0.25) is 11.8 Å². The van der Waals surface area contributed by atoms with Crippen molar-refractivity contribution in [2.45, 2.75) is 68.0 Å². The zero-order valence-corrected chi connectivity index (χ0v) is 44.5. The largest absolute Gasteiger partial charge is 0.468 e. The molecule has 0 aromatic heterocycles. The van der Waals surface area contributed by atoms with Gasteiger partial charge in [0.15, 0.2) is 11.5 Å². The molecule has 79 heavy (non-hydrogen) atoms. The number of hydrogen-bond acceptors (Lipinski definition) is 15. The van der Waals surface area contributed by atoms with Gasteiger partial charge in [-0.15, -0.1) is 11.8 Å². The Bertz CT molecular complexity index is 3140. The van der Waals surface area contributed by atoms with E-state index in [1.54, 1.807) is 148 Å². The van der Waals surface area contributed by atoms with Crippen LogP contribution in [0.2, 0.25) is 0 Å². The molecule has 2 fully saturated rings. The first kappa shape index (κ1) is 56.0. The van der Waals surface area contributed by atoms with E-state index < -0.39 is 102 Å². The first-order valence-electron chi connectivity index (χ1n) is 24.9. The van der Waals surface area contributed by atoms with Crippen LogP contribution >= 0.6 is 11.8 Å². The number of esters is 3. The van der Waals surface area contributed by atoms with Gasteiger partial charge in [-0.25, -0.2) is 28.9 Å². The number of nitrogens with zero attached hydrogens (tertiary/aromatic N) is 2. The summed E-state index contributed by atoms with van der Waals surface area (Å²) in [5.41, 5.74) is -0.144. The van der Waals surface area contributed by atoms with E-state index in [1.165, 1.54) is 18.9 Å². The van der Waals surface area contributed by atoms with Crippen molar-refractivity contribution >= 4 is 77.1 Å². The van der Waals surface area contributed by atoms with Crippen molar-refractivity contribution in [3.05, 3.63) is 179 Å². The van der Waals surface area contributed by atoms with Crippen LogP contribution in [0.15, 0.2) is 151 Å². The molecule has 5 aromatic carbocycles. The molecule has 22 heteroatoms. The molecule has 8 rings (SSSR count). The number of thioether (sulfide) groups is 1. The molecule has 3 heterocycles. The topological polar surface area (TPSA) is 266 Å². The maximum absolute atomic E-state index is 14.3. The molecule has 5 aromatic rings. The third kappa shape index (κ3) is 13.0. The minimum atomic E-state index is -1.83.